The summed E-state index contributed by atoms with van der Waals surface area (Å²) in [6.45, 7) is 0. The maximum absolute atomic E-state index is 9.96. The summed E-state index contributed by atoms with van der Waals surface area (Å²) in [4.78, 5) is 13.0. The highest BCUT2D eigenvalue weighted by atomic mass is 16.1. The lowest BCUT2D eigenvalue weighted by Crippen LogP contribution is -2.11. The first-order chi connectivity index (χ1) is 5.36. The van der Waals surface area contributed by atoms with E-state index in [1.54, 1.807) is 18.2 Å². The average Bonchev–Trinajstić information content (AvgIpc) is 2.07. The Morgan fingerprint density at radius 3 is 2.91 bits per heavy atom. The van der Waals surface area contributed by atoms with Crippen LogP contribution in [0.25, 0.3) is 5.53 Å². The van der Waals surface area contributed by atoms with Gasteiger partial charge in [0.05, 0.1) is 6.42 Å². The maximum atomic E-state index is 9.96. The summed E-state index contributed by atoms with van der Waals surface area (Å²) in [5, 5.41) is 2.49. The summed E-state index contributed by atoms with van der Waals surface area (Å²) in [6, 6.07) is 0. The molecule has 1 rings (SSSR count). The average molecular weight is 149 g/mol. The first-order valence-corrected chi connectivity index (χ1v) is 3.16. The number of carbonyl (C=O) groups is 1. The highest BCUT2D eigenvalue weighted by Gasteiger charge is 2.06. The highest BCUT2D eigenvalue weighted by Crippen LogP contribution is 2.02. The minimum Gasteiger partial charge on any atom is -0.361 e. The molecule has 0 bridgehead atoms. The Morgan fingerprint density at radius 2 is 2.45 bits per heavy atom. The molecular formula is C7H7N3O. The van der Waals surface area contributed by atoms with Crippen LogP contribution in [0.2, 0.25) is 0 Å². The molecule has 0 aromatic carbocycles. The van der Waals surface area contributed by atoms with Crippen LogP contribution in [0.4, 0.5) is 0 Å². The highest BCUT2D eigenvalue weighted by molar-refractivity contribution is 5.93. The molecule has 0 saturated carbocycles. The van der Waals surface area contributed by atoms with Crippen molar-refractivity contribution in [3.05, 3.63) is 29.5 Å². The van der Waals surface area contributed by atoms with E-state index in [1.165, 1.54) is 0 Å². The Labute approximate surface area is 63.8 Å². The molecule has 11 heavy (non-hydrogen) atoms. The normalized spacial score (nSPS) is 15.3. The van der Waals surface area contributed by atoms with Gasteiger partial charge in [0.25, 0.3) is 5.71 Å². The number of rotatable bonds is 2. The number of allylic oxidation sites excluding steroid dienone is 3. The first-order valence-electron chi connectivity index (χ1n) is 3.16. The molecule has 56 valence electrons. The van der Waals surface area contributed by atoms with Gasteiger partial charge in [-0.05, 0) is 12.2 Å². The summed E-state index contributed by atoms with van der Waals surface area (Å²) < 4.78 is 0. The van der Waals surface area contributed by atoms with Crippen molar-refractivity contribution in [3.8, 4) is 0 Å². The summed E-state index contributed by atoms with van der Waals surface area (Å²) in [5.41, 5.74) is 9.64. The second kappa shape index (κ2) is 3.49. The lowest BCUT2D eigenvalue weighted by molar-refractivity contribution is -0.108. The van der Waals surface area contributed by atoms with Crippen LogP contribution in [-0.4, -0.2) is 16.9 Å². The molecule has 0 fully saturated rings. The van der Waals surface area contributed by atoms with Gasteiger partial charge in [0.15, 0.2) is 0 Å². The minimum absolute atomic E-state index is 0.545. The van der Waals surface area contributed by atoms with Crippen molar-refractivity contribution in [1.29, 1.82) is 0 Å². The van der Waals surface area contributed by atoms with Crippen LogP contribution in [0.3, 0.4) is 0 Å². The van der Waals surface area contributed by atoms with Gasteiger partial charge in [-0.15, -0.1) is 0 Å². The molecule has 1 aliphatic rings. The number of carbonyl (C=O) groups excluding carboxylic acids is 1. The van der Waals surface area contributed by atoms with Gasteiger partial charge in [0.2, 0.25) is 6.41 Å². The second-order valence-corrected chi connectivity index (χ2v) is 2.05. The minimum atomic E-state index is 0.545. The molecule has 4 heteroatoms. The van der Waals surface area contributed by atoms with Gasteiger partial charge in [-0.25, -0.2) is 0 Å². The quantitative estimate of drug-likeness (QED) is 0.341. The summed E-state index contributed by atoms with van der Waals surface area (Å²) >= 11 is 0. The Hall–Kier alpha value is -1.67. The van der Waals surface area contributed by atoms with Gasteiger partial charge in [0, 0.05) is 11.8 Å². The lowest BCUT2D eigenvalue weighted by atomic mass is 10.1. The lowest BCUT2D eigenvalue weighted by Gasteiger charge is -2.00. The Kier molecular flexibility index (Phi) is 2.36. The van der Waals surface area contributed by atoms with Gasteiger partial charge >= 0.3 is 0 Å². The van der Waals surface area contributed by atoms with Crippen LogP contribution in [0.1, 0.15) is 6.42 Å². The van der Waals surface area contributed by atoms with Crippen molar-refractivity contribution in [2.75, 3.05) is 0 Å². The number of hydrogen-bond acceptors (Lipinski definition) is 1. The summed E-state index contributed by atoms with van der Waals surface area (Å²) in [6.07, 6.45) is 6.24. The van der Waals surface area contributed by atoms with Crippen LogP contribution < -0.4 is 5.32 Å². The number of amides is 1. The van der Waals surface area contributed by atoms with Crippen molar-refractivity contribution in [2.24, 2.45) is 0 Å². The third-order valence-corrected chi connectivity index (χ3v) is 1.34. The van der Waals surface area contributed by atoms with E-state index in [0.717, 1.165) is 5.70 Å². The van der Waals surface area contributed by atoms with Gasteiger partial charge in [-0.3, -0.25) is 4.79 Å². The molecule has 1 amide bonds. The van der Waals surface area contributed by atoms with E-state index in [4.69, 9.17) is 5.53 Å². The Bertz CT molecular complexity index is 271. The molecule has 1 aliphatic carbocycles. The van der Waals surface area contributed by atoms with Gasteiger partial charge in [0.1, 0.15) is 0 Å². The van der Waals surface area contributed by atoms with Gasteiger partial charge < -0.3 is 10.8 Å². The van der Waals surface area contributed by atoms with Crippen molar-refractivity contribution in [2.45, 2.75) is 6.42 Å². The predicted octanol–water partition coefficient (Wildman–Crippen LogP) is 0.247. The summed E-state index contributed by atoms with van der Waals surface area (Å²) in [7, 11) is 0. The SMILES string of the molecule is [N-]=[N+]=C1C=CC(NC=O)=CC1. The molecular weight excluding hydrogens is 142 g/mol. The zero-order valence-corrected chi connectivity index (χ0v) is 5.82. The van der Waals surface area contributed by atoms with Crippen LogP contribution in [0, 0.1) is 0 Å². The largest absolute Gasteiger partial charge is 0.361 e. The van der Waals surface area contributed by atoms with E-state index in [9.17, 15) is 4.79 Å². The molecule has 0 heterocycles. The standard InChI is InChI=1S/C7H7N3O/c8-10-7-3-1-6(2-4-7)9-5-11/h1-3,5H,4H2,(H,9,11). The van der Waals surface area contributed by atoms with Gasteiger partial charge in [-0.2, -0.15) is 4.79 Å². The summed E-state index contributed by atoms with van der Waals surface area (Å²) in [5.74, 6) is 0. The zero-order valence-electron chi connectivity index (χ0n) is 5.82. The van der Waals surface area contributed by atoms with Crippen LogP contribution in [0.15, 0.2) is 23.9 Å². The van der Waals surface area contributed by atoms with Crippen molar-refractivity contribution in [3.63, 3.8) is 0 Å². The predicted molar refractivity (Wildman–Crippen MR) is 39.7 cm³/mol. The third-order valence-electron chi connectivity index (χ3n) is 1.34. The molecule has 0 saturated heterocycles. The molecule has 4 nitrogen and oxygen atoms in total. The molecule has 0 atom stereocenters. The molecule has 0 aromatic rings. The fraction of sp³-hybridized carbons (Fsp3) is 0.143. The fourth-order valence-electron chi connectivity index (χ4n) is 0.786. The van der Waals surface area contributed by atoms with E-state index in [-0.39, 0.29) is 0 Å². The second-order valence-electron chi connectivity index (χ2n) is 2.05. The Balaban J connectivity index is 2.66. The Morgan fingerprint density at radius 1 is 1.64 bits per heavy atom. The molecule has 0 unspecified atom stereocenters. The van der Waals surface area contributed by atoms with Crippen LogP contribution >= 0.6 is 0 Å². The zero-order chi connectivity index (χ0) is 8.10. The molecule has 0 spiro atoms. The van der Waals surface area contributed by atoms with Crippen molar-refractivity contribution in [1.82, 2.24) is 5.32 Å². The first kappa shape index (κ1) is 7.44. The number of nitrogens with zero attached hydrogens (tertiary/aromatic N) is 2. The van der Waals surface area contributed by atoms with Crippen molar-refractivity contribution >= 4 is 12.1 Å². The van der Waals surface area contributed by atoms with Crippen LogP contribution in [0.5, 0.6) is 0 Å². The van der Waals surface area contributed by atoms with E-state index in [1.807, 2.05) is 0 Å². The van der Waals surface area contributed by atoms with Crippen LogP contribution in [-0.2, 0) is 4.79 Å². The molecule has 0 radical (unpaired) electrons. The smallest absolute Gasteiger partial charge is 0.295 e. The van der Waals surface area contributed by atoms with E-state index >= 15 is 0 Å². The van der Waals surface area contributed by atoms with E-state index < -0.39 is 0 Å². The monoisotopic (exact) mass is 149 g/mol. The van der Waals surface area contributed by atoms with Gasteiger partial charge in [-0.1, -0.05) is 0 Å². The molecule has 0 aliphatic heterocycles. The third kappa shape index (κ3) is 1.88. The van der Waals surface area contributed by atoms with E-state index in [0.29, 0.717) is 18.5 Å². The van der Waals surface area contributed by atoms with E-state index in [2.05, 4.69) is 10.1 Å². The number of hydrogen-bond donors (Lipinski definition) is 1. The topological polar surface area (TPSA) is 65.5 Å². The fourth-order valence-corrected chi connectivity index (χ4v) is 0.786. The van der Waals surface area contributed by atoms with Crippen molar-refractivity contribution < 1.29 is 9.58 Å². The number of nitrogens with one attached hydrogen (secondary N) is 1. The molecule has 0 aromatic heterocycles. The molecule has 1 N–H and O–H groups in total. The maximum Gasteiger partial charge on any atom is 0.295 e.